The molecule has 1 saturated carbocycles. The summed E-state index contributed by atoms with van der Waals surface area (Å²) in [5, 5.41) is 11.8. The van der Waals surface area contributed by atoms with Gasteiger partial charge in [0.25, 0.3) is 0 Å². The third-order valence-electron chi connectivity index (χ3n) is 4.62. The van der Waals surface area contributed by atoms with E-state index in [9.17, 15) is 13.2 Å². The number of aliphatic hydroxyl groups excluding tert-OH is 1. The predicted molar refractivity (Wildman–Crippen MR) is 89.0 cm³/mol. The maximum absolute atomic E-state index is 13.3. The van der Waals surface area contributed by atoms with Crippen molar-refractivity contribution < 1.29 is 18.3 Å². The van der Waals surface area contributed by atoms with Crippen LogP contribution in [0.2, 0.25) is 0 Å². The van der Waals surface area contributed by atoms with E-state index >= 15 is 0 Å². The molecule has 0 spiro atoms. The van der Waals surface area contributed by atoms with E-state index in [-0.39, 0.29) is 11.5 Å². The molecule has 1 fully saturated rings. The van der Waals surface area contributed by atoms with E-state index in [2.05, 4.69) is 5.32 Å². The zero-order valence-corrected chi connectivity index (χ0v) is 14.7. The number of sulfone groups is 1. The lowest BCUT2D eigenvalue weighted by Crippen LogP contribution is -2.53. The van der Waals surface area contributed by atoms with Crippen LogP contribution in [0.3, 0.4) is 0 Å². The molecule has 2 rings (SSSR count). The second kappa shape index (κ2) is 6.61. The molecule has 0 heterocycles. The second-order valence-electron chi connectivity index (χ2n) is 6.53. The van der Waals surface area contributed by atoms with Crippen LogP contribution in [0.25, 0.3) is 0 Å². The van der Waals surface area contributed by atoms with E-state index in [0.29, 0.717) is 31.2 Å². The number of rotatable bonds is 5. The highest BCUT2D eigenvalue weighted by Crippen LogP contribution is 2.41. The number of aryl methyl sites for hydroxylation is 2. The van der Waals surface area contributed by atoms with E-state index in [1.807, 2.05) is 13.0 Å². The number of hydrogen-bond donors (Lipinski definition) is 2. The smallest absolute Gasteiger partial charge is 0.242 e. The molecule has 1 atom stereocenters. The first-order valence-electron chi connectivity index (χ1n) is 7.98. The molecule has 0 unspecified atom stereocenters. The highest BCUT2D eigenvalue weighted by atomic mass is 32.2. The van der Waals surface area contributed by atoms with Crippen LogP contribution in [-0.2, 0) is 14.6 Å². The summed E-state index contributed by atoms with van der Waals surface area (Å²) >= 11 is 0. The maximum atomic E-state index is 13.3. The first-order chi connectivity index (χ1) is 10.7. The van der Waals surface area contributed by atoms with E-state index in [1.165, 1.54) is 0 Å². The molecule has 128 valence electrons. The van der Waals surface area contributed by atoms with Crippen molar-refractivity contribution in [2.75, 3.05) is 6.61 Å². The summed E-state index contributed by atoms with van der Waals surface area (Å²) in [6, 6.07) is 4.82. The molecule has 1 aromatic rings. The van der Waals surface area contributed by atoms with Gasteiger partial charge in [-0.1, -0.05) is 25.0 Å². The normalized spacial score (nSPS) is 18.6. The largest absolute Gasteiger partial charge is 0.394 e. The van der Waals surface area contributed by atoms with Gasteiger partial charge < -0.3 is 10.4 Å². The van der Waals surface area contributed by atoms with Crippen LogP contribution in [0.5, 0.6) is 0 Å². The molecule has 23 heavy (non-hydrogen) atoms. The van der Waals surface area contributed by atoms with Gasteiger partial charge in [-0.3, -0.25) is 4.79 Å². The number of carbonyl (C=O) groups excluding carboxylic acids is 1. The predicted octanol–water partition coefficient (Wildman–Crippen LogP) is 1.89. The van der Waals surface area contributed by atoms with E-state index in [1.54, 1.807) is 26.0 Å². The lowest BCUT2D eigenvalue weighted by Gasteiger charge is -2.29. The van der Waals surface area contributed by atoms with Gasteiger partial charge in [0.1, 0.15) is 0 Å². The monoisotopic (exact) mass is 339 g/mol. The van der Waals surface area contributed by atoms with Gasteiger partial charge in [0, 0.05) is 6.04 Å². The Morgan fingerprint density at radius 2 is 1.91 bits per heavy atom. The molecule has 0 radical (unpaired) electrons. The second-order valence-corrected chi connectivity index (χ2v) is 8.76. The van der Waals surface area contributed by atoms with Gasteiger partial charge in [0.05, 0.1) is 11.5 Å². The molecule has 6 heteroatoms. The molecular weight excluding hydrogens is 314 g/mol. The fourth-order valence-electron chi connectivity index (χ4n) is 3.17. The Labute approximate surface area is 138 Å². The molecule has 1 amide bonds. The summed E-state index contributed by atoms with van der Waals surface area (Å²) in [4.78, 5) is 13.0. The zero-order valence-electron chi connectivity index (χ0n) is 13.9. The first-order valence-corrected chi connectivity index (χ1v) is 9.46. The third kappa shape index (κ3) is 3.15. The Balaban J connectivity index is 2.51. The SMILES string of the molecule is Cc1ccc(C)c(S(=O)(=O)C2(C(=O)N[C@H](C)CO)CCCC2)c1. The molecule has 0 aliphatic heterocycles. The van der Waals surface area contributed by atoms with Gasteiger partial charge in [0.15, 0.2) is 14.6 Å². The van der Waals surface area contributed by atoms with Crippen LogP contribution < -0.4 is 5.32 Å². The standard InChI is InChI=1S/C17H25NO4S/c1-12-6-7-13(2)15(10-12)23(21,22)17(8-4-5-9-17)16(20)18-14(3)11-19/h6-7,10,14,19H,4-5,8-9,11H2,1-3H3,(H,18,20)/t14-/m1/s1. The van der Waals surface area contributed by atoms with Crippen molar-refractivity contribution >= 4 is 15.7 Å². The van der Waals surface area contributed by atoms with E-state index in [0.717, 1.165) is 5.56 Å². The van der Waals surface area contributed by atoms with Gasteiger partial charge in [-0.25, -0.2) is 8.42 Å². The van der Waals surface area contributed by atoms with Crippen molar-refractivity contribution in [1.29, 1.82) is 0 Å². The Kier molecular flexibility index (Phi) is 5.16. The van der Waals surface area contributed by atoms with Gasteiger partial charge in [0.2, 0.25) is 5.91 Å². The number of nitrogens with one attached hydrogen (secondary N) is 1. The molecule has 1 aromatic carbocycles. The topological polar surface area (TPSA) is 83.5 Å². The molecule has 0 saturated heterocycles. The molecule has 0 bridgehead atoms. The average Bonchev–Trinajstić information content (AvgIpc) is 3.00. The Bertz CT molecular complexity index is 691. The zero-order chi connectivity index (χ0) is 17.3. The third-order valence-corrected chi connectivity index (χ3v) is 7.27. The molecule has 1 aliphatic rings. The summed E-state index contributed by atoms with van der Waals surface area (Å²) < 4.78 is 25.2. The van der Waals surface area contributed by atoms with Gasteiger partial charge in [-0.05, 0) is 50.8 Å². The van der Waals surface area contributed by atoms with Crippen molar-refractivity contribution in [3.05, 3.63) is 29.3 Å². The molecule has 2 N–H and O–H groups in total. The molecule has 0 aromatic heterocycles. The minimum atomic E-state index is -3.80. The highest BCUT2D eigenvalue weighted by molar-refractivity contribution is 7.93. The minimum Gasteiger partial charge on any atom is -0.394 e. The average molecular weight is 339 g/mol. The van der Waals surface area contributed by atoms with Crippen LogP contribution in [0.4, 0.5) is 0 Å². The fourth-order valence-corrected chi connectivity index (χ4v) is 5.56. The maximum Gasteiger partial charge on any atom is 0.242 e. The van der Waals surface area contributed by atoms with Gasteiger partial charge in [-0.2, -0.15) is 0 Å². The lowest BCUT2D eigenvalue weighted by atomic mass is 10.1. The first kappa shape index (κ1) is 17.9. The Morgan fingerprint density at radius 3 is 2.48 bits per heavy atom. The van der Waals surface area contributed by atoms with E-state index in [4.69, 9.17) is 5.11 Å². The van der Waals surface area contributed by atoms with Gasteiger partial charge in [-0.15, -0.1) is 0 Å². The number of carbonyl (C=O) groups is 1. The van der Waals surface area contributed by atoms with Crippen molar-refractivity contribution in [2.45, 2.75) is 62.1 Å². The fraction of sp³-hybridized carbons (Fsp3) is 0.588. The molecule has 1 aliphatic carbocycles. The van der Waals surface area contributed by atoms with Crippen molar-refractivity contribution in [2.24, 2.45) is 0 Å². The Hall–Kier alpha value is -1.40. The lowest BCUT2D eigenvalue weighted by molar-refractivity contribution is -0.124. The van der Waals surface area contributed by atoms with Crippen LogP contribution in [0, 0.1) is 13.8 Å². The van der Waals surface area contributed by atoms with Crippen LogP contribution >= 0.6 is 0 Å². The molecular formula is C17H25NO4S. The number of aliphatic hydroxyl groups is 1. The van der Waals surface area contributed by atoms with Crippen molar-refractivity contribution in [3.63, 3.8) is 0 Å². The van der Waals surface area contributed by atoms with E-state index < -0.39 is 26.5 Å². The van der Waals surface area contributed by atoms with Crippen LogP contribution in [0.1, 0.15) is 43.7 Å². The summed E-state index contributed by atoms with van der Waals surface area (Å²) in [5.41, 5.74) is 1.51. The summed E-state index contributed by atoms with van der Waals surface area (Å²) in [6.45, 7) is 5.04. The van der Waals surface area contributed by atoms with Gasteiger partial charge >= 0.3 is 0 Å². The molecule has 5 nitrogen and oxygen atoms in total. The highest BCUT2D eigenvalue weighted by Gasteiger charge is 2.53. The number of hydrogen-bond acceptors (Lipinski definition) is 4. The van der Waals surface area contributed by atoms with Crippen molar-refractivity contribution in [3.8, 4) is 0 Å². The summed E-state index contributed by atoms with van der Waals surface area (Å²) in [6.07, 6.45) is 2.08. The number of benzene rings is 1. The quantitative estimate of drug-likeness (QED) is 0.858. The minimum absolute atomic E-state index is 0.217. The van der Waals surface area contributed by atoms with Crippen LogP contribution in [-0.4, -0.2) is 36.8 Å². The Morgan fingerprint density at radius 1 is 1.30 bits per heavy atom. The summed E-state index contributed by atoms with van der Waals surface area (Å²) in [5.74, 6) is -0.488. The number of amides is 1. The van der Waals surface area contributed by atoms with Crippen LogP contribution in [0.15, 0.2) is 23.1 Å². The van der Waals surface area contributed by atoms with Crippen molar-refractivity contribution in [1.82, 2.24) is 5.32 Å². The summed E-state index contributed by atoms with van der Waals surface area (Å²) in [7, 11) is -3.80.